The van der Waals surface area contributed by atoms with Crippen LogP contribution < -0.4 is 27.4 Å². The van der Waals surface area contributed by atoms with E-state index in [9.17, 15) is 34.2 Å². The Kier molecular flexibility index (Phi) is 10.7. The number of carboxylic acids is 1. The van der Waals surface area contributed by atoms with Crippen molar-refractivity contribution in [3.05, 3.63) is 0 Å². The van der Waals surface area contributed by atoms with Crippen LogP contribution in [0.2, 0.25) is 0 Å². The molecule has 160 valence electrons. The monoisotopic (exact) mass is 405 g/mol. The highest BCUT2D eigenvalue weighted by Gasteiger charge is 2.29. The molecule has 5 unspecified atom stereocenters. The summed E-state index contributed by atoms with van der Waals surface area (Å²) in [6.07, 6.45) is -1.72. The third-order valence-corrected chi connectivity index (χ3v) is 3.68. The molecule has 0 heterocycles. The van der Waals surface area contributed by atoms with Gasteiger partial charge in [0.1, 0.15) is 24.2 Å². The van der Waals surface area contributed by atoms with Gasteiger partial charge in [0.2, 0.25) is 23.6 Å². The highest BCUT2D eigenvalue weighted by atomic mass is 16.4. The van der Waals surface area contributed by atoms with Crippen molar-refractivity contribution in [2.24, 2.45) is 11.5 Å². The van der Waals surface area contributed by atoms with E-state index in [1.807, 2.05) is 0 Å². The zero-order valence-corrected chi connectivity index (χ0v) is 15.5. The second kappa shape index (κ2) is 11.8. The van der Waals surface area contributed by atoms with Crippen LogP contribution in [0.25, 0.3) is 0 Å². The minimum absolute atomic E-state index is 0.272. The average molecular weight is 405 g/mol. The number of carboxylic acid groups (broad SMARTS) is 1. The van der Waals surface area contributed by atoms with Gasteiger partial charge < -0.3 is 42.7 Å². The summed E-state index contributed by atoms with van der Waals surface area (Å²) >= 11 is 0. The van der Waals surface area contributed by atoms with Crippen LogP contribution in [0.15, 0.2) is 0 Å². The molecule has 0 aromatic carbocycles. The molecule has 0 aliphatic carbocycles. The Morgan fingerprint density at radius 1 is 0.929 bits per heavy atom. The van der Waals surface area contributed by atoms with E-state index in [0.717, 1.165) is 0 Å². The number of aliphatic carboxylic acids is 1. The van der Waals surface area contributed by atoms with E-state index in [4.69, 9.17) is 16.6 Å². The molecule has 0 fully saturated rings. The summed E-state index contributed by atoms with van der Waals surface area (Å²) in [5.74, 6) is -4.85. The Morgan fingerprint density at radius 2 is 1.46 bits per heavy atom. The van der Waals surface area contributed by atoms with E-state index in [0.29, 0.717) is 0 Å². The number of carbonyl (C=O) groups is 5. The zero-order chi connectivity index (χ0) is 22.0. The number of aliphatic hydroxyl groups excluding tert-OH is 2. The molecular formula is C15H27N5O8. The van der Waals surface area contributed by atoms with E-state index in [2.05, 4.69) is 16.0 Å². The topological polar surface area (TPSA) is 234 Å². The fourth-order valence-corrected chi connectivity index (χ4v) is 1.90. The Balaban J connectivity index is 4.85. The summed E-state index contributed by atoms with van der Waals surface area (Å²) in [5, 5.41) is 34.1. The van der Waals surface area contributed by atoms with Gasteiger partial charge in [-0.15, -0.1) is 0 Å². The lowest BCUT2D eigenvalue weighted by Gasteiger charge is -2.22. The number of aliphatic hydroxyl groups is 2. The SMILES string of the molecule is CC(NC(=O)C(N)C(C)O)C(=O)NC(CO)C(=O)NC(CCC(N)=O)C(=O)O. The molecule has 10 N–H and O–H groups in total. The number of rotatable bonds is 12. The van der Waals surface area contributed by atoms with Crippen LogP contribution >= 0.6 is 0 Å². The molecule has 28 heavy (non-hydrogen) atoms. The molecule has 0 spiro atoms. The van der Waals surface area contributed by atoms with Crippen molar-refractivity contribution in [3.63, 3.8) is 0 Å². The standard InChI is InChI=1S/C15H27N5O8/c1-6(18-14(26)11(17)7(2)22)12(24)20-9(5-21)13(25)19-8(15(27)28)3-4-10(16)23/h6-9,11,21-22H,3-5,17H2,1-2H3,(H2,16,23)(H,18,26)(H,19,25)(H,20,24)(H,27,28). The maximum absolute atomic E-state index is 12.1. The van der Waals surface area contributed by atoms with Gasteiger partial charge in [-0.1, -0.05) is 0 Å². The summed E-state index contributed by atoms with van der Waals surface area (Å²) in [7, 11) is 0. The molecule has 0 aliphatic rings. The van der Waals surface area contributed by atoms with Gasteiger partial charge in [0.25, 0.3) is 0 Å². The molecule has 0 bridgehead atoms. The molecule has 0 saturated carbocycles. The molecule has 0 rings (SSSR count). The van der Waals surface area contributed by atoms with Crippen LogP contribution in [0.4, 0.5) is 0 Å². The molecule has 5 atom stereocenters. The highest BCUT2D eigenvalue weighted by Crippen LogP contribution is 1.99. The molecule has 4 amide bonds. The Morgan fingerprint density at radius 3 is 1.89 bits per heavy atom. The number of nitrogens with one attached hydrogen (secondary N) is 3. The van der Waals surface area contributed by atoms with Crippen LogP contribution in [0.1, 0.15) is 26.7 Å². The van der Waals surface area contributed by atoms with Crippen molar-refractivity contribution >= 4 is 29.6 Å². The van der Waals surface area contributed by atoms with Crippen LogP contribution in [0, 0.1) is 0 Å². The lowest BCUT2D eigenvalue weighted by atomic mass is 10.1. The number of hydrogen-bond donors (Lipinski definition) is 8. The minimum Gasteiger partial charge on any atom is -0.480 e. The summed E-state index contributed by atoms with van der Waals surface area (Å²) in [6, 6.07) is -5.39. The first kappa shape index (κ1) is 25.2. The molecule has 0 aromatic heterocycles. The first-order chi connectivity index (χ1) is 12.9. The first-order valence-corrected chi connectivity index (χ1v) is 8.37. The van der Waals surface area contributed by atoms with Crippen LogP contribution in [0.3, 0.4) is 0 Å². The number of carbonyl (C=O) groups excluding carboxylic acids is 4. The fourth-order valence-electron chi connectivity index (χ4n) is 1.90. The maximum atomic E-state index is 12.1. The van der Waals surface area contributed by atoms with Crippen molar-refractivity contribution in [1.82, 2.24) is 16.0 Å². The summed E-state index contributed by atoms with van der Waals surface area (Å²) in [5.41, 5.74) is 10.4. The number of primary amides is 1. The summed E-state index contributed by atoms with van der Waals surface area (Å²) in [6.45, 7) is 1.72. The van der Waals surface area contributed by atoms with Crippen molar-refractivity contribution in [2.45, 2.75) is 57.0 Å². The minimum atomic E-state index is -1.51. The van der Waals surface area contributed by atoms with Gasteiger partial charge in [-0.2, -0.15) is 0 Å². The smallest absolute Gasteiger partial charge is 0.326 e. The number of nitrogens with two attached hydrogens (primary N) is 2. The Bertz CT molecular complexity index is 597. The van der Waals surface area contributed by atoms with Gasteiger partial charge in [-0.05, 0) is 20.3 Å². The number of hydrogen-bond acceptors (Lipinski definition) is 8. The second-order valence-electron chi connectivity index (χ2n) is 6.14. The lowest BCUT2D eigenvalue weighted by Crippen LogP contribution is -2.58. The van der Waals surface area contributed by atoms with Crippen molar-refractivity contribution in [3.8, 4) is 0 Å². The zero-order valence-electron chi connectivity index (χ0n) is 15.5. The summed E-state index contributed by atoms with van der Waals surface area (Å²) in [4.78, 5) is 57.8. The Labute approximate surface area is 160 Å². The van der Waals surface area contributed by atoms with Crippen molar-refractivity contribution in [1.29, 1.82) is 0 Å². The molecule has 0 aliphatic heterocycles. The molecule has 13 nitrogen and oxygen atoms in total. The maximum Gasteiger partial charge on any atom is 0.326 e. The molecule has 0 saturated heterocycles. The molecule has 0 radical (unpaired) electrons. The van der Waals surface area contributed by atoms with Crippen LogP contribution in [0.5, 0.6) is 0 Å². The van der Waals surface area contributed by atoms with Gasteiger partial charge in [-0.25, -0.2) is 4.79 Å². The normalized spacial score (nSPS) is 16.0. The first-order valence-electron chi connectivity index (χ1n) is 8.37. The van der Waals surface area contributed by atoms with E-state index in [-0.39, 0.29) is 12.8 Å². The van der Waals surface area contributed by atoms with E-state index in [1.54, 1.807) is 0 Å². The van der Waals surface area contributed by atoms with Gasteiger partial charge >= 0.3 is 5.97 Å². The number of amides is 4. The third kappa shape index (κ3) is 8.75. The molecule has 13 heteroatoms. The van der Waals surface area contributed by atoms with Gasteiger partial charge in [0.15, 0.2) is 0 Å². The lowest BCUT2D eigenvalue weighted by molar-refractivity contribution is -0.143. The average Bonchev–Trinajstić information content (AvgIpc) is 2.60. The Hall–Kier alpha value is -2.77. The van der Waals surface area contributed by atoms with E-state index in [1.165, 1.54) is 13.8 Å². The highest BCUT2D eigenvalue weighted by molar-refractivity contribution is 5.94. The van der Waals surface area contributed by atoms with Gasteiger partial charge in [-0.3, -0.25) is 19.2 Å². The van der Waals surface area contributed by atoms with E-state index < -0.39 is 66.5 Å². The quantitative estimate of drug-likeness (QED) is 0.156. The predicted octanol–water partition coefficient (Wildman–Crippen LogP) is -4.49. The molecular weight excluding hydrogens is 378 g/mol. The third-order valence-electron chi connectivity index (χ3n) is 3.68. The van der Waals surface area contributed by atoms with Crippen molar-refractivity contribution in [2.75, 3.05) is 6.61 Å². The fraction of sp³-hybridized carbons (Fsp3) is 0.667. The predicted molar refractivity (Wildman–Crippen MR) is 94.3 cm³/mol. The van der Waals surface area contributed by atoms with E-state index >= 15 is 0 Å². The van der Waals surface area contributed by atoms with Crippen LogP contribution in [-0.2, 0) is 24.0 Å². The van der Waals surface area contributed by atoms with Gasteiger partial charge in [0.05, 0.1) is 12.7 Å². The molecule has 0 aromatic rings. The largest absolute Gasteiger partial charge is 0.480 e. The second-order valence-corrected chi connectivity index (χ2v) is 6.14. The summed E-state index contributed by atoms with van der Waals surface area (Å²) < 4.78 is 0. The van der Waals surface area contributed by atoms with Crippen LogP contribution in [-0.4, -0.2) is 81.8 Å². The van der Waals surface area contributed by atoms with Crippen molar-refractivity contribution < 1.29 is 39.3 Å². The van der Waals surface area contributed by atoms with Gasteiger partial charge in [0, 0.05) is 6.42 Å².